The predicted molar refractivity (Wildman–Crippen MR) is 165 cm³/mol. The topological polar surface area (TPSA) is 117 Å². The number of halogens is 7. The van der Waals surface area contributed by atoms with Crippen LogP contribution < -0.4 is 16.2 Å². The molecule has 0 aliphatic carbocycles. The Balaban J connectivity index is 1.50. The number of aromatic nitrogens is 2. The third kappa shape index (κ3) is 8.01. The Morgan fingerprint density at radius 2 is 1.71 bits per heavy atom. The SMILES string of the molecule is Cn1ccc(C(F)(F)F)c(-c2nccc3c(C[C@H](NC(=O)c4c(F)cc(NCC(F)(F)F)cc4CN4CCCC4)C(=O)O)cccc23)c1=O. The van der Waals surface area contributed by atoms with Crippen molar-refractivity contribution >= 4 is 28.3 Å². The van der Waals surface area contributed by atoms with Crippen LogP contribution in [0.5, 0.6) is 0 Å². The van der Waals surface area contributed by atoms with Crippen LogP contribution in [0.3, 0.4) is 0 Å². The van der Waals surface area contributed by atoms with E-state index in [4.69, 9.17) is 0 Å². The highest BCUT2D eigenvalue weighted by atomic mass is 19.4. The summed E-state index contributed by atoms with van der Waals surface area (Å²) >= 11 is 0. The number of alkyl halides is 6. The lowest BCUT2D eigenvalue weighted by Crippen LogP contribution is -2.43. The molecule has 0 radical (unpaired) electrons. The van der Waals surface area contributed by atoms with Crippen molar-refractivity contribution in [2.75, 3.05) is 25.0 Å². The van der Waals surface area contributed by atoms with Gasteiger partial charge in [-0.1, -0.05) is 18.2 Å². The summed E-state index contributed by atoms with van der Waals surface area (Å²) in [4.78, 5) is 44.8. The van der Waals surface area contributed by atoms with Gasteiger partial charge in [-0.2, -0.15) is 26.3 Å². The zero-order valence-corrected chi connectivity index (χ0v) is 25.9. The molecule has 260 valence electrons. The fourth-order valence-corrected chi connectivity index (χ4v) is 5.92. The number of nitrogens with zero attached hydrogens (tertiary/aromatic N) is 3. The summed E-state index contributed by atoms with van der Waals surface area (Å²) in [5.74, 6) is -3.79. The van der Waals surface area contributed by atoms with Crippen molar-refractivity contribution in [3.8, 4) is 11.3 Å². The van der Waals surface area contributed by atoms with E-state index in [-0.39, 0.29) is 39.8 Å². The summed E-state index contributed by atoms with van der Waals surface area (Å²) in [6, 6.07) is 6.81. The molecule has 4 aromatic rings. The quantitative estimate of drug-likeness (QED) is 0.181. The normalized spacial score (nSPS) is 14.6. The fraction of sp³-hybridized carbons (Fsp3) is 0.333. The number of fused-ring (bicyclic) bond motifs is 1. The molecule has 1 saturated heterocycles. The number of likely N-dealkylation sites (tertiary alicyclic amines) is 1. The lowest BCUT2D eigenvalue weighted by molar-refractivity contribution is -0.139. The average Bonchev–Trinajstić information content (AvgIpc) is 3.53. The van der Waals surface area contributed by atoms with E-state index >= 15 is 4.39 Å². The van der Waals surface area contributed by atoms with Gasteiger partial charge >= 0.3 is 18.3 Å². The first-order chi connectivity index (χ1) is 23.0. The minimum absolute atomic E-state index is 0.0247. The molecule has 5 rings (SSSR count). The molecule has 9 nitrogen and oxygen atoms in total. The molecule has 1 fully saturated rings. The van der Waals surface area contributed by atoms with E-state index in [1.54, 1.807) is 0 Å². The van der Waals surface area contributed by atoms with Crippen LogP contribution in [0.2, 0.25) is 0 Å². The Kier molecular flexibility index (Phi) is 9.99. The summed E-state index contributed by atoms with van der Waals surface area (Å²) in [5.41, 5.74) is -3.56. The minimum Gasteiger partial charge on any atom is -0.480 e. The molecule has 0 saturated carbocycles. The minimum atomic E-state index is -4.89. The number of hydrogen-bond donors (Lipinski definition) is 3. The second kappa shape index (κ2) is 13.9. The van der Waals surface area contributed by atoms with Gasteiger partial charge in [0.05, 0.1) is 22.4 Å². The van der Waals surface area contributed by atoms with Crippen LogP contribution >= 0.6 is 0 Å². The molecule has 1 aliphatic rings. The Hall–Kier alpha value is -4.99. The predicted octanol–water partition coefficient (Wildman–Crippen LogP) is 5.75. The van der Waals surface area contributed by atoms with Crippen LogP contribution in [0, 0.1) is 5.82 Å². The van der Waals surface area contributed by atoms with Gasteiger partial charge in [-0.3, -0.25) is 19.5 Å². The van der Waals surface area contributed by atoms with Gasteiger partial charge in [-0.05, 0) is 66.7 Å². The average molecular weight is 694 g/mol. The van der Waals surface area contributed by atoms with E-state index in [2.05, 4.69) is 15.6 Å². The standard InChI is InChI=1S/C33H30F7N5O4/c1-44-12-8-23(33(38,39)40)27(30(44)47)28-22-6-4-5-18(21(22)7-9-41-28)14-25(31(48)49)43-29(46)26-19(16-45-10-2-3-11-45)13-20(15-24(26)34)42-17-32(35,36)37/h4-9,12-13,15,25,42H,2-3,10-11,14,16-17H2,1H3,(H,43,46)(H,48,49)/t25-/m0/s1. The third-order valence-electron chi connectivity index (χ3n) is 8.22. The lowest BCUT2D eigenvalue weighted by Gasteiger charge is -2.21. The van der Waals surface area contributed by atoms with E-state index in [9.17, 15) is 45.8 Å². The van der Waals surface area contributed by atoms with E-state index < -0.39 is 71.3 Å². The lowest BCUT2D eigenvalue weighted by atomic mass is 9.95. The van der Waals surface area contributed by atoms with Crippen molar-refractivity contribution in [2.45, 2.75) is 44.2 Å². The Labute approximate surface area is 274 Å². The van der Waals surface area contributed by atoms with E-state index in [0.29, 0.717) is 13.1 Å². The summed E-state index contributed by atoms with van der Waals surface area (Å²) in [5, 5.41) is 14.9. The van der Waals surface area contributed by atoms with Gasteiger partial charge < -0.3 is 20.3 Å². The summed E-state index contributed by atoms with van der Waals surface area (Å²) in [6.45, 7) is -0.200. The second-order valence-corrected chi connectivity index (χ2v) is 11.7. The van der Waals surface area contributed by atoms with Crippen LogP contribution in [-0.2, 0) is 31.0 Å². The Bertz CT molecular complexity index is 1950. The maximum Gasteiger partial charge on any atom is 0.417 e. The largest absolute Gasteiger partial charge is 0.480 e. The van der Waals surface area contributed by atoms with Gasteiger partial charge in [-0.25, -0.2) is 9.18 Å². The first-order valence-electron chi connectivity index (χ1n) is 15.1. The molecule has 49 heavy (non-hydrogen) atoms. The number of aryl methyl sites for hydroxylation is 1. The molecule has 3 heterocycles. The van der Waals surface area contributed by atoms with Crippen molar-refractivity contribution in [2.24, 2.45) is 7.05 Å². The first-order valence-corrected chi connectivity index (χ1v) is 15.1. The number of amides is 1. The number of benzene rings is 2. The Morgan fingerprint density at radius 3 is 2.37 bits per heavy atom. The van der Waals surface area contributed by atoms with Crippen LogP contribution in [0.4, 0.5) is 36.4 Å². The number of rotatable bonds is 10. The molecule has 2 aromatic heterocycles. The molecule has 16 heteroatoms. The third-order valence-corrected chi connectivity index (χ3v) is 8.22. The van der Waals surface area contributed by atoms with E-state index in [1.165, 1.54) is 43.6 Å². The van der Waals surface area contributed by atoms with Crippen LogP contribution in [0.25, 0.3) is 22.0 Å². The number of hydrogen-bond acceptors (Lipinski definition) is 6. The number of carboxylic acids is 1. The molecule has 0 spiro atoms. The summed E-state index contributed by atoms with van der Waals surface area (Å²) in [7, 11) is 1.29. The number of carboxylic acid groups (broad SMARTS) is 1. The number of anilines is 1. The van der Waals surface area contributed by atoms with Crippen molar-refractivity contribution in [3.05, 3.63) is 93.3 Å². The Morgan fingerprint density at radius 1 is 1.00 bits per heavy atom. The molecule has 2 aromatic carbocycles. The fourth-order valence-electron chi connectivity index (χ4n) is 5.92. The molecule has 1 aliphatic heterocycles. The summed E-state index contributed by atoms with van der Waals surface area (Å²) < 4.78 is 96.8. The molecule has 0 bridgehead atoms. The van der Waals surface area contributed by atoms with Gasteiger partial charge in [0.15, 0.2) is 0 Å². The number of carbonyl (C=O) groups excluding carboxylic acids is 1. The van der Waals surface area contributed by atoms with Crippen molar-refractivity contribution in [1.82, 2.24) is 19.8 Å². The number of nitrogens with one attached hydrogen (secondary N) is 2. The van der Waals surface area contributed by atoms with Crippen molar-refractivity contribution < 1.29 is 45.4 Å². The second-order valence-electron chi connectivity index (χ2n) is 11.7. The maximum absolute atomic E-state index is 15.5. The van der Waals surface area contributed by atoms with E-state index in [1.807, 2.05) is 4.90 Å². The molecule has 3 N–H and O–H groups in total. The van der Waals surface area contributed by atoms with Crippen molar-refractivity contribution in [3.63, 3.8) is 0 Å². The van der Waals surface area contributed by atoms with Gasteiger partial charge in [0, 0.05) is 43.5 Å². The first kappa shape index (κ1) is 35.3. The molecule has 0 unspecified atom stereocenters. The number of carbonyl (C=O) groups is 2. The highest BCUT2D eigenvalue weighted by molar-refractivity contribution is 6.00. The highest BCUT2D eigenvalue weighted by Gasteiger charge is 2.36. The molecule has 1 atom stereocenters. The molecular formula is C33H30F7N5O4. The smallest absolute Gasteiger partial charge is 0.417 e. The van der Waals surface area contributed by atoms with Gasteiger partial charge in [0.1, 0.15) is 18.4 Å². The van der Waals surface area contributed by atoms with Gasteiger partial charge in [0.2, 0.25) is 0 Å². The van der Waals surface area contributed by atoms with Gasteiger partial charge in [-0.15, -0.1) is 0 Å². The van der Waals surface area contributed by atoms with Crippen LogP contribution in [0.1, 0.15) is 39.9 Å². The monoisotopic (exact) mass is 693 g/mol. The maximum atomic E-state index is 15.5. The molecular weight excluding hydrogens is 663 g/mol. The number of aliphatic carboxylic acids is 1. The zero-order chi connectivity index (χ0) is 35.7. The van der Waals surface area contributed by atoms with Gasteiger partial charge in [0.25, 0.3) is 11.5 Å². The van der Waals surface area contributed by atoms with E-state index in [0.717, 1.165) is 35.7 Å². The van der Waals surface area contributed by atoms with Crippen molar-refractivity contribution in [1.29, 1.82) is 0 Å². The summed E-state index contributed by atoms with van der Waals surface area (Å²) in [6.07, 6.45) is -6.07. The van der Waals surface area contributed by atoms with Crippen LogP contribution in [0.15, 0.2) is 59.7 Å². The zero-order valence-electron chi connectivity index (χ0n) is 25.9. The molecule has 1 amide bonds. The number of pyridine rings is 2. The highest BCUT2D eigenvalue weighted by Crippen LogP contribution is 2.37. The van der Waals surface area contributed by atoms with Crippen LogP contribution in [-0.4, -0.2) is 63.3 Å².